The molecule has 1 unspecified atom stereocenters. The highest BCUT2D eigenvalue weighted by Crippen LogP contribution is 2.27. The molecule has 0 radical (unpaired) electrons. The third-order valence-corrected chi connectivity index (χ3v) is 3.59. The average molecular weight is 266 g/mol. The van der Waals surface area contributed by atoms with Crippen LogP contribution in [0, 0.1) is 5.82 Å². The van der Waals surface area contributed by atoms with Crippen LogP contribution in [0.3, 0.4) is 0 Å². The normalized spacial score (nSPS) is 18.2. The lowest BCUT2D eigenvalue weighted by molar-refractivity contribution is -0.120. The van der Waals surface area contributed by atoms with Crippen LogP contribution in [0.2, 0.25) is 0 Å². The molecule has 1 aromatic carbocycles. The zero-order chi connectivity index (χ0) is 13.8. The van der Waals surface area contributed by atoms with Crippen LogP contribution in [0.15, 0.2) is 18.2 Å². The van der Waals surface area contributed by atoms with Crippen LogP contribution >= 0.6 is 0 Å². The number of phenolic OH excluding ortho intramolecular Hbond substituents is 1. The molecular formula is C14H19FN2O2. The van der Waals surface area contributed by atoms with Gasteiger partial charge in [0.25, 0.3) is 0 Å². The van der Waals surface area contributed by atoms with Crippen LogP contribution in [-0.2, 0) is 4.79 Å². The van der Waals surface area contributed by atoms with Gasteiger partial charge in [-0.05, 0) is 31.0 Å². The Bertz CT molecular complexity index is 459. The number of nitrogens with two attached hydrogens (primary N) is 1. The molecule has 4 N–H and O–H groups in total. The summed E-state index contributed by atoms with van der Waals surface area (Å²) >= 11 is 0. The lowest BCUT2D eigenvalue weighted by Gasteiger charge is -2.27. The standard InChI is InChI=1S/C14H19FN2O2/c15-9-6-7-12(18)11(8-9)13(14(16)19)17-10-4-2-1-3-5-10/h6-8,10,13,17-18H,1-5H2,(H2,16,19). The fraction of sp³-hybridized carbons (Fsp3) is 0.500. The van der Waals surface area contributed by atoms with E-state index in [1.807, 2.05) is 0 Å². The van der Waals surface area contributed by atoms with E-state index in [-0.39, 0.29) is 17.4 Å². The molecule has 1 aliphatic rings. The summed E-state index contributed by atoms with van der Waals surface area (Å²) < 4.78 is 13.3. The van der Waals surface area contributed by atoms with Crippen molar-refractivity contribution in [3.8, 4) is 5.75 Å². The minimum Gasteiger partial charge on any atom is -0.508 e. The van der Waals surface area contributed by atoms with Crippen molar-refractivity contribution < 1.29 is 14.3 Å². The number of aromatic hydroxyl groups is 1. The Hall–Kier alpha value is -1.62. The number of carbonyl (C=O) groups is 1. The molecule has 0 bridgehead atoms. The van der Waals surface area contributed by atoms with E-state index in [4.69, 9.17) is 5.73 Å². The van der Waals surface area contributed by atoms with Gasteiger partial charge in [-0.15, -0.1) is 0 Å². The van der Waals surface area contributed by atoms with E-state index in [1.165, 1.54) is 12.5 Å². The molecular weight excluding hydrogens is 247 g/mol. The molecule has 0 aromatic heterocycles. The number of amides is 1. The molecule has 5 heteroatoms. The SMILES string of the molecule is NC(=O)C(NC1CCCCC1)c1cc(F)ccc1O. The Labute approximate surface area is 111 Å². The molecule has 19 heavy (non-hydrogen) atoms. The first kappa shape index (κ1) is 13.8. The van der Waals surface area contributed by atoms with Gasteiger partial charge in [0.2, 0.25) is 5.91 Å². The van der Waals surface area contributed by atoms with Crippen molar-refractivity contribution in [1.82, 2.24) is 5.32 Å². The molecule has 1 atom stereocenters. The Morgan fingerprint density at radius 1 is 1.37 bits per heavy atom. The summed E-state index contributed by atoms with van der Waals surface area (Å²) in [5.41, 5.74) is 5.58. The topological polar surface area (TPSA) is 75.4 Å². The first-order chi connectivity index (χ1) is 9.08. The number of nitrogens with one attached hydrogen (secondary N) is 1. The maximum absolute atomic E-state index is 13.3. The van der Waals surface area contributed by atoms with Crippen LogP contribution in [0.25, 0.3) is 0 Å². The number of halogens is 1. The fourth-order valence-electron chi connectivity index (χ4n) is 2.59. The zero-order valence-electron chi connectivity index (χ0n) is 10.7. The molecule has 104 valence electrons. The van der Waals surface area contributed by atoms with Crippen molar-refractivity contribution in [2.45, 2.75) is 44.2 Å². The Kier molecular flexibility index (Phi) is 4.37. The van der Waals surface area contributed by atoms with Crippen molar-refractivity contribution in [2.75, 3.05) is 0 Å². The molecule has 0 heterocycles. The van der Waals surface area contributed by atoms with E-state index in [9.17, 15) is 14.3 Å². The highest BCUT2D eigenvalue weighted by molar-refractivity contribution is 5.82. The van der Waals surface area contributed by atoms with E-state index >= 15 is 0 Å². The van der Waals surface area contributed by atoms with E-state index in [1.54, 1.807) is 0 Å². The van der Waals surface area contributed by atoms with E-state index in [0.29, 0.717) is 0 Å². The third-order valence-electron chi connectivity index (χ3n) is 3.59. The van der Waals surface area contributed by atoms with Gasteiger partial charge < -0.3 is 10.8 Å². The molecule has 2 rings (SSSR count). The monoisotopic (exact) mass is 266 g/mol. The zero-order valence-corrected chi connectivity index (χ0v) is 10.7. The predicted octanol–water partition coefficient (Wildman–Crippen LogP) is 1.98. The number of hydrogen-bond donors (Lipinski definition) is 3. The maximum Gasteiger partial charge on any atom is 0.239 e. The number of rotatable bonds is 4. The van der Waals surface area contributed by atoms with Gasteiger partial charge in [0.15, 0.2) is 0 Å². The summed E-state index contributed by atoms with van der Waals surface area (Å²) in [6, 6.07) is 2.88. The van der Waals surface area contributed by atoms with Crippen LogP contribution in [-0.4, -0.2) is 17.1 Å². The number of carbonyl (C=O) groups excluding carboxylic acids is 1. The molecule has 1 aliphatic carbocycles. The quantitative estimate of drug-likeness (QED) is 0.780. The van der Waals surface area contributed by atoms with Crippen molar-refractivity contribution in [2.24, 2.45) is 5.73 Å². The van der Waals surface area contributed by atoms with Crippen molar-refractivity contribution >= 4 is 5.91 Å². The van der Waals surface area contributed by atoms with Gasteiger partial charge in [0.05, 0.1) is 0 Å². The largest absolute Gasteiger partial charge is 0.508 e. The van der Waals surface area contributed by atoms with Crippen LogP contribution in [0.1, 0.15) is 43.7 Å². The molecule has 1 fully saturated rings. The molecule has 0 spiro atoms. The van der Waals surface area contributed by atoms with Gasteiger partial charge in [-0.3, -0.25) is 10.1 Å². The second-order valence-corrected chi connectivity index (χ2v) is 5.04. The molecule has 1 aromatic rings. The van der Waals surface area contributed by atoms with E-state index in [0.717, 1.165) is 37.8 Å². The van der Waals surface area contributed by atoms with Gasteiger partial charge >= 0.3 is 0 Å². The summed E-state index contributed by atoms with van der Waals surface area (Å²) in [5.74, 6) is -1.22. The second kappa shape index (κ2) is 6.02. The first-order valence-electron chi connectivity index (χ1n) is 6.61. The van der Waals surface area contributed by atoms with Gasteiger partial charge in [-0.2, -0.15) is 0 Å². The smallest absolute Gasteiger partial charge is 0.239 e. The van der Waals surface area contributed by atoms with Crippen LogP contribution in [0.4, 0.5) is 4.39 Å². The number of primary amides is 1. The van der Waals surface area contributed by atoms with Crippen molar-refractivity contribution in [1.29, 1.82) is 0 Å². The molecule has 4 nitrogen and oxygen atoms in total. The molecule has 1 amide bonds. The number of hydrogen-bond acceptors (Lipinski definition) is 3. The first-order valence-corrected chi connectivity index (χ1v) is 6.61. The van der Waals surface area contributed by atoms with Gasteiger partial charge in [0.1, 0.15) is 17.6 Å². The highest BCUT2D eigenvalue weighted by Gasteiger charge is 2.25. The lowest BCUT2D eigenvalue weighted by Crippen LogP contribution is -2.41. The minimum absolute atomic E-state index is 0.117. The van der Waals surface area contributed by atoms with Gasteiger partial charge in [-0.1, -0.05) is 19.3 Å². The summed E-state index contributed by atoms with van der Waals surface area (Å²) in [7, 11) is 0. The summed E-state index contributed by atoms with van der Waals surface area (Å²) in [5, 5.41) is 12.9. The Morgan fingerprint density at radius 3 is 2.68 bits per heavy atom. The molecule has 0 saturated heterocycles. The predicted molar refractivity (Wildman–Crippen MR) is 70.0 cm³/mol. The fourth-order valence-corrected chi connectivity index (χ4v) is 2.59. The van der Waals surface area contributed by atoms with E-state index < -0.39 is 17.8 Å². The highest BCUT2D eigenvalue weighted by atomic mass is 19.1. The molecule has 1 saturated carbocycles. The minimum atomic E-state index is -0.848. The van der Waals surface area contributed by atoms with E-state index in [2.05, 4.69) is 5.32 Å². The van der Waals surface area contributed by atoms with Crippen LogP contribution < -0.4 is 11.1 Å². The van der Waals surface area contributed by atoms with Crippen LogP contribution in [0.5, 0.6) is 5.75 Å². The maximum atomic E-state index is 13.3. The lowest BCUT2D eigenvalue weighted by atomic mass is 9.93. The molecule has 0 aliphatic heterocycles. The summed E-state index contributed by atoms with van der Waals surface area (Å²) in [6.45, 7) is 0. The summed E-state index contributed by atoms with van der Waals surface area (Å²) in [6.07, 6.45) is 5.36. The third kappa shape index (κ3) is 3.44. The second-order valence-electron chi connectivity index (χ2n) is 5.04. The Balaban J connectivity index is 2.19. The summed E-state index contributed by atoms with van der Waals surface area (Å²) in [4.78, 5) is 11.6. The average Bonchev–Trinajstić information content (AvgIpc) is 2.40. The number of benzene rings is 1. The van der Waals surface area contributed by atoms with Gasteiger partial charge in [0, 0.05) is 11.6 Å². The van der Waals surface area contributed by atoms with Crippen molar-refractivity contribution in [3.05, 3.63) is 29.6 Å². The Morgan fingerprint density at radius 2 is 2.05 bits per heavy atom. The van der Waals surface area contributed by atoms with Gasteiger partial charge in [-0.25, -0.2) is 4.39 Å². The number of phenols is 1. The van der Waals surface area contributed by atoms with Crippen molar-refractivity contribution in [3.63, 3.8) is 0 Å².